The molecular formula is C14H21ClN2O3. The number of amides is 1. The first-order valence-corrected chi connectivity index (χ1v) is 6.54. The fourth-order valence-corrected chi connectivity index (χ4v) is 2.06. The van der Waals surface area contributed by atoms with Crippen LogP contribution in [0.3, 0.4) is 0 Å². The van der Waals surface area contributed by atoms with Crippen LogP contribution in [0.1, 0.15) is 13.8 Å². The van der Waals surface area contributed by atoms with Gasteiger partial charge in [0.15, 0.2) is 17.6 Å². The van der Waals surface area contributed by atoms with Gasteiger partial charge in [-0.2, -0.15) is 0 Å². The van der Waals surface area contributed by atoms with E-state index < -0.39 is 6.04 Å². The van der Waals surface area contributed by atoms with E-state index in [1.54, 1.807) is 11.8 Å². The van der Waals surface area contributed by atoms with Crippen molar-refractivity contribution in [1.82, 2.24) is 4.90 Å². The lowest BCUT2D eigenvalue weighted by Gasteiger charge is -2.31. The average molecular weight is 301 g/mol. The van der Waals surface area contributed by atoms with E-state index in [1.165, 1.54) is 0 Å². The molecule has 1 heterocycles. The second-order valence-electron chi connectivity index (χ2n) is 4.66. The molecule has 0 aliphatic carbocycles. The number of benzene rings is 1. The van der Waals surface area contributed by atoms with E-state index in [1.807, 2.05) is 31.2 Å². The first-order chi connectivity index (χ1) is 9.11. The van der Waals surface area contributed by atoms with E-state index in [9.17, 15) is 4.79 Å². The Morgan fingerprint density at radius 3 is 2.70 bits per heavy atom. The van der Waals surface area contributed by atoms with Crippen molar-refractivity contribution in [2.24, 2.45) is 5.73 Å². The summed E-state index contributed by atoms with van der Waals surface area (Å²) in [5.74, 6) is 1.41. The summed E-state index contributed by atoms with van der Waals surface area (Å²) in [5.41, 5.74) is 5.63. The molecule has 1 amide bonds. The molecule has 2 rings (SSSR count). The number of nitrogens with two attached hydrogens (primary N) is 1. The molecule has 0 fully saturated rings. The summed E-state index contributed by atoms with van der Waals surface area (Å²) in [6.07, 6.45) is -0.155. The topological polar surface area (TPSA) is 64.8 Å². The maximum atomic E-state index is 11.9. The lowest BCUT2D eigenvalue weighted by atomic mass is 10.2. The van der Waals surface area contributed by atoms with E-state index in [4.69, 9.17) is 15.2 Å². The van der Waals surface area contributed by atoms with Crippen LogP contribution in [0.4, 0.5) is 0 Å². The van der Waals surface area contributed by atoms with Crippen molar-refractivity contribution in [2.45, 2.75) is 26.0 Å². The van der Waals surface area contributed by atoms with Crippen LogP contribution in [0.2, 0.25) is 0 Å². The Morgan fingerprint density at radius 2 is 2.10 bits per heavy atom. The van der Waals surface area contributed by atoms with Crippen molar-refractivity contribution < 1.29 is 14.3 Å². The van der Waals surface area contributed by atoms with Gasteiger partial charge in [-0.05, 0) is 26.0 Å². The largest absolute Gasteiger partial charge is 0.486 e. The summed E-state index contributed by atoms with van der Waals surface area (Å²) in [7, 11) is 0. The number of halogens is 1. The van der Waals surface area contributed by atoms with Gasteiger partial charge in [-0.3, -0.25) is 4.79 Å². The first kappa shape index (κ1) is 16.6. The Hall–Kier alpha value is -1.46. The maximum absolute atomic E-state index is 11.9. The zero-order valence-electron chi connectivity index (χ0n) is 11.7. The Balaban J connectivity index is 0.00000200. The summed E-state index contributed by atoms with van der Waals surface area (Å²) >= 11 is 0. The molecule has 6 heteroatoms. The molecule has 112 valence electrons. The molecule has 0 spiro atoms. The smallest absolute Gasteiger partial charge is 0.239 e. The number of hydrogen-bond acceptors (Lipinski definition) is 4. The number of hydrogen-bond donors (Lipinski definition) is 1. The van der Waals surface area contributed by atoms with Crippen molar-refractivity contribution in [1.29, 1.82) is 0 Å². The van der Waals surface area contributed by atoms with Crippen molar-refractivity contribution in [3.8, 4) is 11.5 Å². The number of carbonyl (C=O) groups excluding carboxylic acids is 1. The van der Waals surface area contributed by atoms with Crippen molar-refractivity contribution in [3.63, 3.8) is 0 Å². The molecule has 0 aromatic heterocycles. The molecule has 5 nitrogen and oxygen atoms in total. The first-order valence-electron chi connectivity index (χ1n) is 6.54. The van der Waals surface area contributed by atoms with Gasteiger partial charge in [0.25, 0.3) is 0 Å². The van der Waals surface area contributed by atoms with E-state index >= 15 is 0 Å². The van der Waals surface area contributed by atoms with Gasteiger partial charge in [0, 0.05) is 6.54 Å². The standard InChI is InChI=1S/C14H20N2O3.ClH/c1-3-16(14(17)10(2)15)8-11-9-18-12-6-4-5-7-13(12)19-11;/h4-7,10-11H,3,8-9,15H2,1-2H3;1H. The zero-order chi connectivity index (χ0) is 13.8. The normalized spacial score (nSPS) is 17.9. The number of carbonyl (C=O) groups is 1. The van der Waals surface area contributed by atoms with Crippen LogP contribution in [0.25, 0.3) is 0 Å². The third kappa shape index (κ3) is 3.77. The Bertz CT molecular complexity index is 454. The molecule has 2 N–H and O–H groups in total. The molecule has 0 bridgehead atoms. The van der Waals surface area contributed by atoms with E-state index in [2.05, 4.69) is 0 Å². The highest BCUT2D eigenvalue weighted by molar-refractivity contribution is 5.85. The number of likely N-dealkylation sites (N-methyl/N-ethyl adjacent to an activating group) is 1. The fourth-order valence-electron chi connectivity index (χ4n) is 2.06. The molecule has 1 aromatic carbocycles. The van der Waals surface area contributed by atoms with Crippen molar-refractivity contribution in [2.75, 3.05) is 19.7 Å². The minimum Gasteiger partial charge on any atom is -0.486 e. The van der Waals surface area contributed by atoms with Gasteiger partial charge < -0.3 is 20.1 Å². The van der Waals surface area contributed by atoms with Gasteiger partial charge in [-0.15, -0.1) is 12.4 Å². The second kappa shape index (κ2) is 7.36. The monoisotopic (exact) mass is 300 g/mol. The third-order valence-electron chi connectivity index (χ3n) is 3.07. The fraction of sp³-hybridized carbons (Fsp3) is 0.500. The van der Waals surface area contributed by atoms with Crippen molar-refractivity contribution in [3.05, 3.63) is 24.3 Å². The number of rotatable bonds is 4. The highest BCUT2D eigenvalue weighted by Gasteiger charge is 2.25. The SMILES string of the molecule is CCN(CC1COc2ccccc2O1)C(=O)C(C)N.Cl. The molecule has 0 radical (unpaired) electrons. The predicted octanol–water partition coefficient (Wildman–Crippen LogP) is 1.44. The van der Waals surface area contributed by atoms with Gasteiger partial charge in [0.1, 0.15) is 6.61 Å². The van der Waals surface area contributed by atoms with E-state index in [0.29, 0.717) is 19.7 Å². The third-order valence-corrected chi connectivity index (χ3v) is 3.07. The van der Waals surface area contributed by atoms with Crippen LogP contribution in [-0.2, 0) is 4.79 Å². The minimum atomic E-state index is -0.489. The molecule has 2 atom stereocenters. The van der Waals surface area contributed by atoms with Crippen LogP contribution >= 0.6 is 12.4 Å². The van der Waals surface area contributed by atoms with Crippen LogP contribution in [-0.4, -0.2) is 42.6 Å². The molecule has 0 saturated carbocycles. The van der Waals surface area contributed by atoms with Gasteiger partial charge >= 0.3 is 0 Å². The van der Waals surface area contributed by atoms with Gasteiger partial charge in [0.2, 0.25) is 5.91 Å². The zero-order valence-corrected chi connectivity index (χ0v) is 12.6. The molecule has 1 aliphatic heterocycles. The molecule has 1 aliphatic rings. The van der Waals surface area contributed by atoms with Gasteiger partial charge in [-0.1, -0.05) is 12.1 Å². The van der Waals surface area contributed by atoms with Gasteiger partial charge in [-0.25, -0.2) is 0 Å². The summed E-state index contributed by atoms with van der Waals surface area (Å²) in [5, 5.41) is 0. The summed E-state index contributed by atoms with van der Waals surface area (Å²) < 4.78 is 11.5. The molecule has 1 aromatic rings. The molecule has 20 heavy (non-hydrogen) atoms. The molecule has 2 unspecified atom stereocenters. The van der Waals surface area contributed by atoms with Crippen LogP contribution < -0.4 is 15.2 Å². The quantitative estimate of drug-likeness (QED) is 0.914. The lowest BCUT2D eigenvalue weighted by Crippen LogP contribution is -2.48. The maximum Gasteiger partial charge on any atom is 0.239 e. The number of para-hydroxylation sites is 2. The minimum absolute atomic E-state index is 0. The molecular weight excluding hydrogens is 280 g/mol. The second-order valence-corrected chi connectivity index (χ2v) is 4.66. The molecule has 0 saturated heterocycles. The van der Waals surface area contributed by atoms with Crippen LogP contribution in [0.5, 0.6) is 11.5 Å². The van der Waals surface area contributed by atoms with Crippen LogP contribution in [0, 0.1) is 0 Å². The number of fused-ring (bicyclic) bond motifs is 1. The Kier molecular flexibility index (Phi) is 6.10. The Labute approximate surface area is 125 Å². The predicted molar refractivity (Wildman–Crippen MR) is 79.5 cm³/mol. The Morgan fingerprint density at radius 1 is 1.45 bits per heavy atom. The summed E-state index contributed by atoms with van der Waals surface area (Å²) in [6.45, 7) is 5.17. The van der Waals surface area contributed by atoms with E-state index in [0.717, 1.165) is 11.5 Å². The summed E-state index contributed by atoms with van der Waals surface area (Å²) in [6, 6.07) is 7.05. The van der Waals surface area contributed by atoms with E-state index in [-0.39, 0.29) is 24.4 Å². The van der Waals surface area contributed by atoms with Crippen molar-refractivity contribution >= 4 is 18.3 Å². The summed E-state index contributed by atoms with van der Waals surface area (Å²) in [4.78, 5) is 13.6. The average Bonchev–Trinajstić information content (AvgIpc) is 2.43. The lowest BCUT2D eigenvalue weighted by molar-refractivity contribution is -0.133. The highest BCUT2D eigenvalue weighted by Crippen LogP contribution is 2.30. The van der Waals surface area contributed by atoms with Gasteiger partial charge in [0.05, 0.1) is 12.6 Å². The number of nitrogens with zero attached hydrogens (tertiary/aromatic N) is 1. The number of ether oxygens (including phenoxy) is 2. The van der Waals surface area contributed by atoms with Crippen LogP contribution in [0.15, 0.2) is 24.3 Å². The highest BCUT2D eigenvalue weighted by atomic mass is 35.5.